The van der Waals surface area contributed by atoms with E-state index in [9.17, 15) is 9.50 Å². The third-order valence-electron chi connectivity index (χ3n) is 1.39. The van der Waals surface area contributed by atoms with E-state index in [1.54, 1.807) is 0 Å². The molecule has 0 radical (unpaired) electrons. The summed E-state index contributed by atoms with van der Waals surface area (Å²) in [4.78, 5) is 3.84. The molecule has 0 aromatic carbocycles. The molecule has 1 aromatic heterocycles. The van der Waals surface area contributed by atoms with Gasteiger partial charge in [0.05, 0.1) is 0 Å². The van der Waals surface area contributed by atoms with Crippen LogP contribution in [0.4, 0.5) is 4.39 Å². The predicted molar refractivity (Wildman–Crippen MR) is 47.1 cm³/mol. The van der Waals surface area contributed by atoms with E-state index < -0.39 is 11.4 Å². The Morgan fingerprint density at radius 2 is 2.08 bits per heavy atom. The largest absolute Gasteiger partial charge is 0.384 e. The van der Waals surface area contributed by atoms with Crippen LogP contribution in [-0.2, 0) is 5.60 Å². The van der Waals surface area contributed by atoms with Gasteiger partial charge in [-0.05, 0) is 41.9 Å². The molecule has 0 atom stereocenters. The van der Waals surface area contributed by atoms with Crippen molar-refractivity contribution in [1.82, 2.24) is 4.98 Å². The Bertz CT molecular complexity index is 296. The molecule has 2 nitrogen and oxygen atoms in total. The summed E-state index contributed by atoms with van der Waals surface area (Å²) >= 11 is 3.10. The first-order valence-electron chi connectivity index (χ1n) is 3.46. The minimum absolute atomic E-state index is 0.0527. The molecule has 66 valence electrons. The van der Waals surface area contributed by atoms with Gasteiger partial charge in [0.25, 0.3) is 0 Å². The Morgan fingerprint density at radius 1 is 1.50 bits per heavy atom. The number of nitrogens with zero attached hydrogens (tertiary/aromatic N) is 1. The lowest BCUT2D eigenvalue weighted by Gasteiger charge is -2.16. The van der Waals surface area contributed by atoms with E-state index >= 15 is 0 Å². The van der Waals surface area contributed by atoms with Crippen LogP contribution in [-0.4, -0.2) is 10.1 Å². The summed E-state index contributed by atoms with van der Waals surface area (Å²) in [6.45, 7) is 2.98. The van der Waals surface area contributed by atoms with Gasteiger partial charge >= 0.3 is 0 Å². The molecule has 0 aliphatic carbocycles. The zero-order chi connectivity index (χ0) is 9.35. The third kappa shape index (κ3) is 2.01. The van der Waals surface area contributed by atoms with Crippen LogP contribution in [0.2, 0.25) is 0 Å². The minimum Gasteiger partial charge on any atom is -0.384 e. The maximum atomic E-state index is 13.0. The summed E-state index contributed by atoms with van der Waals surface area (Å²) in [7, 11) is 0. The zero-order valence-electron chi connectivity index (χ0n) is 6.81. The average Bonchev–Trinajstić information content (AvgIpc) is 1.92. The van der Waals surface area contributed by atoms with Crippen LogP contribution in [0, 0.1) is 5.82 Å². The van der Waals surface area contributed by atoms with Crippen molar-refractivity contribution < 1.29 is 9.50 Å². The molecule has 4 heteroatoms. The van der Waals surface area contributed by atoms with Gasteiger partial charge in [-0.3, -0.25) is 0 Å². The first-order valence-corrected chi connectivity index (χ1v) is 4.25. The highest BCUT2D eigenvalue weighted by Gasteiger charge is 2.22. The van der Waals surface area contributed by atoms with Crippen molar-refractivity contribution in [2.45, 2.75) is 19.4 Å². The highest BCUT2D eigenvalue weighted by molar-refractivity contribution is 9.10. The van der Waals surface area contributed by atoms with E-state index in [0.29, 0.717) is 4.60 Å². The van der Waals surface area contributed by atoms with Crippen LogP contribution >= 0.6 is 15.9 Å². The standard InChI is InChI=1S/C8H9BrFNO/c1-8(2,12)7-5(10)3-4-6(9)11-7/h3-4,12H,1-2H3. The number of halogens is 2. The Balaban J connectivity index is 3.23. The maximum Gasteiger partial charge on any atom is 0.147 e. The first-order chi connectivity index (χ1) is 5.41. The van der Waals surface area contributed by atoms with Gasteiger partial charge in [0.15, 0.2) is 0 Å². The van der Waals surface area contributed by atoms with E-state index in [1.165, 1.54) is 26.0 Å². The fraction of sp³-hybridized carbons (Fsp3) is 0.375. The Morgan fingerprint density at radius 3 is 2.50 bits per heavy atom. The monoisotopic (exact) mass is 233 g/mol. The van der Waals surface area contributed by atoms with Crippen LogP contribution in [0.25, 0.3) is 0 Å². The third-order valence-corrected chi connectivity index (χ3v) is 1.83. The lowest BCUT2D eigenvalue weighted by atomic mass is 10.0. The lowest BCUT2D eigenvalue weighted by Crippen LogP contribution is -2.19. The van der Waals surface area contributed by atoms with Crippen molar-refractivity contribution in [2.24, 2.45) is 0 Å². The van der Waals surface area contributed by atoms with Gasteiger partial charge in [-0.15, -0.1) is 0 Å². The van der Waals surface area contributed by atoms with E-state index in [-0.39, 0.29) is 5.69 Å². The Labute approximate surface area is 78.6 Å². The maximum absolute atomic E-state index is 13.0. The first kappa shape index (κ1) is 9.61. The number of pyridine rings is 1. The highest BCUT2D eigenvalue weighted by atomic mass is 79.9. The quantitative estimate of drug-likeness (QED) is 0.755. The van der Waals surface area contributed by atoms with E-state index in [1.807, 2.05) is 0 Å². The molecular weight excluding hydrogens is 225 g/mol. The predicted octanol–water partition coefficient (Wildman–Crippen LogP) is 2.21. The number of rotatable bonds is 1. The molecule has 0 unspecified atom stereocenters. The van der Waals surface area contributed by atoms with Gasteiger partial charge in [0, 0.05) is 0 Å². The van der Waals surface area contributed by atoms with E-state index in [4.69, 9.17) is 0 Å². The molecule has 0 saturated carbocycles. The molecule has 0 bridgehead atoms. The van der Waals surface area contributed by atoms with Gasteiger partial charge in [-0.25, -0.2) is 9.37 Å². The molecule has 12 heavy (non-hydrogen) atoms. The molecule has 1 N–H and O–H groups in total. The summed E-state index contributed by atoms with van der Waals surface area (Å²) in [5, 5.41) is 9.47. The van der Waals surface area contributed by atoms with E-state index in [0.717, 1.165) is 0 Å². The van der Waals surface area contributed by atoms with Crippen molar-refractivity contribution in [3.05, 3.63) is 28.2 Å². The normalized spacial score (nSPS) is 11.8. The van der Waals surface area contributed by atoms with Gasteiger partial charge < -0.3 is 5.11 Å². The molecular formula is C8H9BrFNO. The summed E-state index contributed by atoms with van der Waals surface area (Å²) in [6.07, 6.45) is 0. The van der Waals surface area contributed by atoms with Crippen molar-refractivity contribution in [1.29, 1.82) is 0 Å². The second kappa shape index (κ2) is 3.11. The fourth-order valence-electron chi connectivity index (χ4n) is 0.847. The summed E-state index contributed by atoms with van der Waals surface area (Å²) in [5.41, 5.74) is -1.19. The van der Waals surface area contributed by atoms with Crippen molar-refractivity contribution in [3.63, 3.8) is 0 Å². The zero-order valence-corrected chi connectivity index (χ0v) is 8.39. The van der Waals surface area contributed by atoms with Crippen LogP contribution in [0.5, 0.6) is 0 Å². The Kier molecular flexibility index (Phi) is 2.49. The lowest BCUT2D eigenvalue weighted by molar-refractivity contribution is 0.0693. The molecule has 0 aliphatic heterocycles. The second-order valence-corrected chi connectivity index (χ2v) is 3.84. The van der Waals surface area contributed by atoms with Crippen LogP contribution < -0.4 is 0 Å². The molecule has 1 rings (SSSR count). The summed E-state index contributed by atoms with van der Waals surface area (Å²) in [5.74, 6) is -0.495. The van der Waals surface area contributed by atoms with Crippen LogP contribution in [0.3, 0.4) is 0 Å². The van der Waals surface area contributed by atoms with Gasteiger partial charge in [-0.2, -0.15) is 0 Å². The highest BCUT2D eigenvalue weighted by Crippen LogP contribution is 2.22. The second-order valence-electron chi connectivity index (χ2n) is 3.02. The number of aliphatic hydroxyl groups is 1. The molecule has 0 amide bonds. The number of hydrogen-bond donors (Lipinski definition) is 1. The van der Waals surface area contributed by atoms with Gasteiger partial charge in [-0.1, -0.05) is 0 Å². The molecule has 0 saturated heterocycles. The average molecular weight is 234 g/mol. The molecule has 1 heterocycles. The molecule has 0 spiro atoms. The van der Waals surface area contributed by atoms with Gasteiger partial charge in [0.1, 0.15) is 21.7 Å². The number of hydrogen-bond acceptors (Lipinski definition) is 2. The SMILES string of the molecule is CC(C)(O)c1nc(Br)ccc1F. The molecule has 1 aromatic rings. The smallest absolute Gasteiger partial charge is 0.147 e. The molecule has 0 fully saturated rings. The van der Waals surface area contributed by atoms with Crippen LogP contribution in [0.1, 0.15) is 19.5 Å². The summed E-state index contributed by atoms with van der Waals surface area (Å²) < 4.78 is 13.5. The van der Waals surface area contributed by atoms with Gasteiger partial charge in [0.2, 0.25) is 0 Å². The van der Waals surface area contributed by atoms with Crippen molar-refractivity contribution in [2.75, 3.05) is 0 Å². The van der Waals surface area contributed by atoms with Crippen molar-refractivity contribution in [3.8, 4) is 0 Å². The number of aromatic nitrogens is 1. The van der Waals surface area contributed by atoms with Crippen LogP contribution in [0.15, 0.2) is 16.7 Å². The van der Waals surface area contributed by atoms with Crippen molar-refractivity contribution >= 4 is 15.9 Å². The van der Waals surface area contributed by atoms with E-state index in [2.05, 4.69) is 20.9 Å². The topological polar surface area (TPSA) is 33.1 Å². The fourth-order valence-corrected chi connectivity index (χ4v) is 1.16. The molecule has 0 aliphatic rings. The summed E-state index contributed by atoms with van der Waals surface area (Å²) in [6, 6.07) is 2.76. The minimum atomic E-state index is -1.24. The Hall–Kier alpha value is -0.480.